The van der Waals surface area contributed by atoms with Crippen LogP contribution in [-0.2, 0) is 0 Å². The van der Waals surface area contributed by atoms with Gasteiger partial charge in [-0.3, -0.25) is 4.79 Å². The lowest BCUT2D eigenvalue weighted by Gasteiger charge is -1.92. The first-order valence-electron chi connectivity index (χ1n) is 5.30. The van der Waals surface area contributed by atoms with Gasteiger partial charge in [0.05, 0.1) is 5.69 Å². The third-order valence-corrected chi connectivity index (χ3v) is 3.06. The van der Waals surface area contributed by atoms with Gasteiger partial charge in [-0.25, -0.2) is 4.98 Å². The normalized spacial score (nSPS) is 11.6. The second-order valence-corrected chi connectivity index (χ2v) is 4.55. The Labute approximate surface area is 106 Å². The van der Waals surface area contributed by atoms with Crippen molar-refractivity contribution in [3.05, 3.63) is 51.3 Å². The molecular formula is C12H9N3O2S. The average Bonchev–Trinajstić information content (AvgIpc) is 2.95. The second kappa shape index (κ2) is 4.23. The fraction of sp³-hybridized carbons (Fsp3) is 0.0833. The molecular weight excluding hydrogens is 250 g/mol. The smallest absolute Gasteiger partial charge is 0.275 e. The van der Waals surface area contributed by atoms with Crippen molar-refractivity contribution >= 4 is 28.4 Å². The maximum absolute atomic E-state index is 11.7. The first kappa shape index (κ1) is 10.9. The van der Waals surface area contributed by atoms with Crippen LogP contribution < -0.4 is 5.56 Å². The highest BCUT2D eigenvalue weighted by atomic mass is 32.1. The fourth-order valence-electron chi connectivity index (χ4n) is 1.57. The molecule has 0 aromatic carbocycles. The van der Waals surface area contributed by atoms with Crippen LogP contribution in [0, 0.1) is 6.92 Å². The lowest BCUT2D eigenvalue weighted by Crippen LogP contribution is -2.13. The van der Waals surface area contributed by atoms with Crippen LogP contribution in [0.25, 0.3) is 17.1 Å². The third-order valence-electron chi connectivity index (χ3n) is 2.39. The Morgan fingerprint density at radius 1 is 1.39 bits per heavy atom. The molecule has 3 heterocycles. The summed E-state index contributed by atoms with van der Waals surface area (Å²) in [5.74, 6) is 1.58. The van der Waals surface area contributed by atoms with Crippen molar-refractivity contribution < 1.29 is 4.42 Å². The zero-order valence-electron chi connectivity index (χ0n) is 9.53. The van der Waals surface area contributed by atoms with Gasteiger partial charge in [0, 0.05) is 6.07 Å². The van der Waals surface area contributed by atoms with E-state index in [2.05, 4.69) is 10.1 Å². The number of hydrogen-bond acceptors (Lipinski definition) is 5. The van der Waals surface area contributed by atoms with E-state index < -0.39 is 0 Å². The minimum atomic E-state index is -0.184. The summed E-state index contributed by atoms with van der Waals surface area (Å²) in [5.41, 5.74) is 2.00. The van der Waals surface area contributed by atoms with Crippen molar-refractivity contribution in [2.75, 3.05) is 0 Å². The SMILES string of the molecule is Cc1ccc(C=Cc2cc(=O)n3ncsc3n2)o1. The van der Waals surface area contributed by atoms with E-state index in [1.165, 1.54) is 21.9 Å². The highest BCUT2D eigenvalue weighted by Crippen LogP contribution is 2.11. The summed E-state index contributed by atoms with van der Waals surface area (Å²) in [7, 11) is 0. The lowest BCUT2D eigenvalue weighted by molar-refractivity contribution is 0.525. The van der Waals surface area contributed by atoms with Crippen molar-refractivity contribution in [3.63, 3.8) is 0 Å². The first-order chi connectivity index (χ1) is 8.72. The molecule has 0 N–H and O–H groups in total. The van der Waals surface area contributed by atoms with E-state index in [4.69, 9.17) is 4.42 Å². The monoisotopic (exact) mass is 259 g/mol. The molecule has 0 aliphatic heterocycles. The summed E-state index contributed by atoms with van der Waals surface area (Å²) in [6.45, 7) is 1.88. The van der Waals surface area contributed by atoms with Gasteiger partial charge in [-0.2, -0.15) is 9.61 Å². The van der Waals surface area contributed by atoms with Gasteiger partial charge in [0.15, 0.2) is 0 Å². The third kappa shape index (κ3) is 1.98. The molecule has 6 heteroatoms. The number of nitrogens with zero attached hydrogens (tertiary/aromatic N) is 3. The Hall–Kier alpha value is -2.21. The number of furan rings is 1. The summed E-state index contributed by atoms with van der Waals surface area (Å²) >= 11 is 1.32. The van der Waals surface area contributed by atoms with Gasteiger partial charge in [0.2, 0.25) is 4.96 Å². The van der Waals surface area contributed by atoms with E-state index in [-0.39, 0.29) is 5.56 Å². The minimum Gasteiger partial charge on any atom is -0.462 e. The molecule has 0 bridgehead atoms. The first-order valence-corrected chi connectivity index (χ1v) is 6.18. The van der Waals surface area contributed by atoms with Crippen LogP contribution in [0.4, 0.5) is 0 Å². The number of aromatic nitrogens is 3. The van der Waals surface area contributed by atoms with Gasteiger partial charge in [-0.15, -0.1) is 0 Å². The number of fused-ring (bicyclic) bond motifs is 1. The molecule has 0 unspecified atom stereocenters. The number of hydrogen-bond donors (Lipinski definition) is 0. The van der Waals surface area contributed by atoms with Gasteiger partial charge >= 0.3 is 0 Å². The summed E-state index contributed by atoms with van der Waals surface area (Å²) in [6, 6.07) is 5.19. The van der Waals surface area contributed by atoms with Crippen LogP contribution in [-0.4, -0.2) is 14.6 Å². The summed E-state index contributed by atoms with van der Waals surface area (Å²) in [6.07, 6.45) is 3.53. The van der Waals surface area contributed by atoms with Gasteiger partial charge < -0.3 is 4.42 Å². The van der Waals surface area contributed by atoms with E-state index in [0.717, 1.165) is 11.5 Å². The van der Waals surface area contributed by atoms with Crippen LogP contribution >= 0.6 is 11.3 Å². The zero-order chi connectivity index (χ0) is 12.5. The quantitative estimate of drug-likeness (QED) is 0.708. The summed E-state index contributed by atoms with van der Waals surface area (Å²) in [4.78, 5) is 16.6. The highest BCUT2D eigenvalue weighted by molar-refractivity contribution is 7.14. The van der Waals surface area contributed by atoms with Crippen LogP contribution in [0.1, 0.15) is 17.2 Å². The molecule has 0 atom stereocenters. The van der Waals surface area contributed by atoms with Crippen molar-refractivity contribution in [1.82, 2.24) is 14.6 Å². The fourth-order valence-corrected chi connectivity index (χ4v) is 2.20. The topological polar surface area (TPSA) is 60.4 Å². The Bertz CT molecular complexity index is 782. The Morgan fingerprint density at radius 3 is 3.06 bits per heavy atom. The maximum atomic E-state index is 11.7. The summed E-state index contributed by atoms with van der Waals surface area (Å²) in [5, 5.41) is 3.90. The van der Waals surface area contributed by atoms with Gasteiger partial charge in [-0.05, 0) is 31.2 Å². The molecule has 18 heavy (non-hydrogen) atoms. The molecule has 0 saturated carbocycles. The standard InChI is InChI=1S/C12H9N3O2S/c1-8-2-4-10(17-8)5-3-9-6-11(16)15-12(14-9)18-7-13-15/h2-7H,1H3. The Balaban J connectivity index is 1.99. The number of aryl methyl sites for hydroxylation is 1. The molecule has 90 valence electrons. The second-order valence-electron chi connectivity index (χ2n) is 3.73. The molecule has 3 aromatic rings. The van der Waals surface area contributed by atoms with Gasteiger partial charge in [-0.1, -0.05) is 11.3 Å². The van der Waals surface area contributed by atoms with Crippen LogP contribution in [0.2, 0.25) is 0 Å². The molecule has 0 saturated heterocycles. The maximum Gasteiger partial charge on any atom is 0.275 e. The molecule has 0 spiro atoms. The van der Waals surface area contributed by atoms with Gasteiger partial charge in [0.1, 0.15) is 17.0 Å². The van der Waals surface area contributed by atoms with E-state index in [1.54, 1.807) is 17.7 Å². The largest absolute Gasteiger partial charge is 0.462 e. The lowest BCUT2D eigenvalue weighted by atomic mass is 10.3. The predicted molar refractivity (Wildman–Crippen MR) is 69.5 cm³/mol. The molecule has 0 aliphatic rings. The Kier molecular flexibility index (Phi) is 2.56. The van der Waals surface area contributed by atoms with E-state index in [9.17, 15) is 4.79 Å². The molecule has 0 fully saturated rings. The average molecular weight is 259 g/mol. The number of rotatable bonds is 2. The molecule has 0 aliphatic carbocycles. The molecule has 0 amide bonds. The summed E-state index contributed by atoms with van der Waals surface area (Å²) < 4.78 is 6.68. The van der Waals surface area contributed by atoms with Crippen molar-refractivity contribution in [2.24, 2.45) is 0 Å². The van der Waals surface area contributed by atoms with E-state index >= 15 is 0 Å². The van der Waals surface area contributed by atoms with Crippen molar-refractivity contribution in [3.8, 4) is 0 Å². The molecule has 5 nitrogen and oxygen atoms in total. The van der Waals surface area contributed by atoms with Crippen LogP contribution in [0.3, 0.4) is 0 Å². The molecule has 0 radical (unpaired) electrons. The van der Waals surface area contributed by atoms with E-state index in [0.29, 0.717) is 10.7 Å². The van der Waals surface area contributed by atoms with E-state index in [1.807, 2.05) is 19.1 Å². The Morgan fingerprint density at radius 2 is 2.28 bits per heavy atom. The van der Waals surface area contributed by atoms with Crippen molar-refractivity contribution in [1.29, 1.82) is 0 Å². The predicted octanol–water partition coefficient (Wildman–Crippen LogP) is 2.22. The minimum absolute atomic E-state index is 0.184. The molecule has 3 rings (SSSR count). The zero-order valence-corrected chi connectivity index (χ0v) is 10.3. The van der Waals surface area contributed by atoms with Gasteiger partial charge in [0.25, 0.3) is 5.56 Å². The molecule has 3 aromatic heterocycles. The van der Waals surface area contributed by atoms with Crippen LogP contribution in [0.15, 0.2) is 32.9 Å². The van der Waals surface area contributed by atoms with Crippen LogP contribution in [0.5, 0.6) is 0 Å². The van der Waals surface area contributed by atoms with Crippen molar-refractivity contribution in [2.45, 2.75) is 6.92 Å². The highest BCUT2D eigenvalue weighted by Gasteiger charge is 2.02.